The Balaban J connectivity index is 1.33. The molecule has 4 aliphatic rings. The molecule has 27 nitrogen and oxygen atoms in total. The molecule has 0 spiro atoms. The maximum absolute atomic E-state index is 14.7. The summed E-state index contributed by atoms with van der Waals surface area (Å²) in [5.41, 5.74) is 3.94. The number of carboxylic acids is 1. The third kappa shape index (κ3) is 16.3. The van der Waals surface area contributed by atoms with E-state index >= 15 is 0 Å². The van der Waals surface area contributed by atoms with E-state index in [0.29, 0.717) is 12.3 Å². The first-order chi connectivity index (χ1) is 37.0. The molecule has 0 aromatic carbocycles. The fraction of sp³-hybridized carbons (Fsp3) is 0.824. The lowest BCUT2D eigenvalue weighted by Crippen LogP contribution is -2.59. The van der Waals surface area contributed by atoms with Gasteiger partial charge in [0.2, 0.25) is 12.2 Å². The molecule has 4 saturated heterocycles. The number of unbranched alkanes of at least 4 members (excludes halogenated alkanes) is 5. The Labute approximate surface area is 452 Å². The van der Waals surface area contributed by atoms with Gasteiger partial charge >= 0.3 is 29.6 Å². The van der Waals surface area contributed by atoms with Crippen molar-refractivity contribution in [2.75, 3.05) is 48.5 Å². The van der Waals surface area contributed by atoms with Crippen molar-refractivity contribution in [3.8, 4) is 0 Å². The first-order valence-corrected chi connectivity index (χ1v) is 26.7. The van der Waals surface area contributed by atoms with Crippen LogP contribution in [0.5, 0.6) is 0 Å². The number of carbonyl (C=O) groups is 5. The zero-order valence-electron chi connectivity index (χ0n) is 46.0. The molecule has 8 N–H and O–H groups in total. The van der Waals surface area contributed by atoms with Crippen LogP contribution in [0, 0.1) is 11.8 Å². The van der Waals surface area contributed by atoms with Crippen LogP contribution >= 0.6 is 0 Å². The fourth-order valence-corrected chi connectivity index (χ4v) is 10.6. The molecule has 1 amide bonds. The van der Waals surface area contributed by atoms with E-state index in [0.717, 1.165) is 67.3 Å². The third-order valence-electron chi connectivity index (χ3n) is 14.8. The number of hydrogen-bond acceptors (Lipinski definition) is 23. The monoisotopic (exact) mass is 1120 g/mol. The topological polar surface area (TPSA) is 366 Å². The number of carboxylic acid groups (broad SMARTS) is 1. The number of nitrogens with zero attached hydrogens (tertiary/aromatic N) is 3. The number of H-pyrrole nitrogens is 1. The van der Waals surface area contributed by atoms with Crippen LogP contribution in [0.2, 0.25) is 0 Å². The number of aliphatic hydroxyl groups is 4. The van der Waals surface area contributed by atoms with Gasteiger partial charge in [0, 0.05) is 66.6 Å². The third-order valence-corrected chi connectivity index (χ3v) is 14.8. The molecular weight excluding hydrogens is 1030 g/mol. The number of rotatable bonds is 28. The van der Waals surface area contributed by atoms with Crippen LogP contribution in [0.3, 0.4) is 0 Å². The van der Waals surface area contributed by atoms with Gasteiger partial charge < -0.3 is 83.5 Å². The molecule has 4 aliphatic heterocycles. The number of aromatic nitrogens is 2. The largest absolute Gasteiger partial charge is 0.480 e. The summed E-state index contributed by atoms with van der Waals surface area (Å²) in [4.78, 5) is 97.4. The molecule has 5 heterocycles. The summed E-state index contributed by atoms with van der Waals surface area (Å²) in [6, 6.07) is -2.60. The average Bonchev–Trinajstić information content (AvgIpc) is 3.86. The Hall–Kier alpha value is -4.49. The lowest BCUT2D eigenvalue weighted by Gasteiger charge is -2.43. The predicted octanol–water partition coefficient (Wildman–Crippen LogP) is -1.09. The SMILES string of the molecule is COC1C(C)OC(OC(=O)CC(C)CC(=O)OC(CCCCCCCCC(C)C)CC(=O)O[C@H]2CN(C)[C@@H]([C@H](OC3OC(CN)C(O)C3O)C3OC(n4ccc(=O)[nH]c4=O)C(O)C3O)C(=O)N(C)[C@@H]2C(=O)O)C(OC)C1OC. The van der Waals surface area contributed by atoms with Crippen molar-refractivity contribution in [3.63, 3.8) is 0 Å². The first-order valence-electron chi connectivity index (χ1n) is 26.7. The van der Waals surface area contributed by atoms with Gasteiger partial charge in [-0.05, 0) is 38.6 Å². The van der Waals surface area contributed by atoms with Crippen LogP contribution in [0.1, 0.15) is 105 Å². The second-order valence-corrected chi connectivity index (χ2v) is 21.2. The lowest BCUT2D eigenvalue weighted by atomic mass is 9.97. The summed E-state index contributed by atoms with van der Waals surface area (Å²) in [5.74, 6) is -4.99. The highest BCUT2D eigenvalue weighted by molar-refractivity contribution is 5.88. The number of aromatic amines is 1. The number of carbonyl (C=O) groups excluding carboxylic acids is 4. The van der Waals surface area contributed by atoms with E-state index in [1.807, 2.05) is 4.98 Å². The fourth-order valence-electron chi connectivity index (χ4n) is 10.6. The van der Waals surface area contributed by atoms with Crippen LogP contribution in [-0.2, 0) is 71.3 Å². The average molecular weight is 1120 g/mol. The summed E-state index contributed by atoms with van der Waals surface area (Å²) in [5, 5.41) is 55.1. The van der Waals surface area contributed by atoms with Crippen molar-refractivity contribution >= 4 is 29.8 Å². The molecule has 78 heavy (non-hydrogen) atoms. The van der Waals surface area contributed by atoms with Crippen LogP contribution in [0.15, 0.2) is 21.9 Å². The molecule has 19 atom stereocenters. The maximum Gasteiger partial charge on any atom is 0.330 e. The van der Waals surface area contributed by atoms with Crippen molar-refractivity contribution in [1.82, 2.24) is 19.4 Å². The van der Waals surface area contributed by atoms with Crippen molar-refractivity contribution in [2.45, 2.75) is 209 Å². The number of esters is 3. The van der Waals surface area contributed by atoms with Crippen molar-refractivity contribution in [1.29, 1.82) is 0 Å². The molecule has 27 heteroatoms. The molecule has 0 saturated carbocycles. The molecule has 444 valence electrons. The number of likely N-dealkylation sites (N-methyl/N-ethyl adjacent to an activating group) is 2. The van der Waals surface area contributed by atoms with Crippen LogP contribution in [0.25, 0.3) is 0 Å². The molecule has 0 bridgehead atoms. The van der Waals surface area contributed by atoms with E-state index in [1.54, 1.807) is 13.8 Å². The molecule has 1 aromatic rings. The minimum atomic E-state index is -1.97. The molecule has 5 rings (SSSR count). The molecular formula is C51H83N5O22. The lowest BCUT2D eigenvalue weighted by molar-refractivity contribution is -0.297. The van der Waals surface area contributed by atoms with Gasteiger partial charge in [-0.3, -0.25) is 38.4 Å². The highest BCUT2D eigenvalue weighted by Crippen LogP contribution is 2.37. The number of aliphatic hydroxyl groups excluding tert-OH is 4. The van der Waals surface area contributed by atoms with Gasteiger partial charge in [0.25, 0.3) is 5.56 Å². The number of amides is 1. The number of hydrogen-bond donors (Lipinski definition) is 7. The maximum atomic E-state index is 14.7. The summed E-state index contributed by atoms with van der Waals surface area (Å²) in [7, 11) is 6.87. The van der Waals surface area contributed by atoms with Gasteiger partial charge in [0.05, 0.1) is 12.5 Å². The van der Waals surface area contributed by atoms with E-state index in [4.69, 9.17) is 53.1 Å². The molecule has 0 aliphatic carbocycles. The van der Waals surface area contributed by atoms with E-state index in [1.165, 1.54) is 33.3 Å². The minimum absolute atomic E-state index is 0.216. The van der Waals surface area contributed by atoms with E-state index in [2.05, 4.69) is 13.8 Å². The number of methoxy groups -OCH3 is 3. The Morgan fingerprint density at radius 2 is 1.37 bits per heavy atom. The van der Waals surface area contributed by atoms with Crippen molar-refractivity contribution in [2.24, 2.45) is 17.6 Å². The van der Waals surface area contributed by atoms with Gasteiger partial charge in [-0.15, -0.1) is 0 Å². The quantitative estimate of drug-likeness (QED) is 0.0298. The summed E-state index contributed by atoms with van der Waals surface area (Å²) in [6.45, 7) is 6.93. The summed E-state index contributed by atoms with van der Waals surface area (Å²) < 4.78 is 58.7. The standard InChI is InChI=1S/C51H83N5O22/c1-25(2)16-14-12-10-11-13-15-17-28(73-32(58)20-26(3)21-33(59)76-50-45(71-9)44(70-8)41(69-7)27(4)72-50)22-34(60)74-30-24-54(5)36(46(65)55(6)35(30)48(66)67)42(78-49-40(64)37(61)29(23-52)75-49)43-38(62)39(63)47(77-43)56-19-18-31(57)53-51(56)68/h18-19,25-30,35-45,47,49-50,61-64H,10-17,20-24,52H2,1-9H3,(H,66,67)(H,53,57,68)/t26?,27?,28?,29?,30-,35-,36-,37?,38?,39?,40?,41?,42-,43?,44?,45?,47?,49?,50?/m0/s1. The highest BCUT2D eigenvalue weighted by Gasteiger charge is 2.57. The van der Waals surface area contributed by atoms with Crippen molar-refractivity contribution in [3.05, 3.63) is 33.1 Å². The first kappa shape index (κ1) is 64.3. The summed E-state index contributed by atoms with van der Waals surface area (Å²) in [6.07, 6.45) is -15.0. The van der Waals surface area contributed by atoms with Crippen LogP contribution in [-0.4, -0.2) is 227 Å². The number of nitrogens with one attached hydrogen (secondary N) is 1. The smallest absolute Gasteiger partial charge is 0.330 e. The number of nitrogens with two attached hydrogens (primary N) is 1. The molecule has 0 radical (unpaired) electrons. The van der Waals surface area contributed by atoms with Gasteiger partial charge in [0.1, 0.15) is 79.3 Å². The Kier molecular flexibility index (Phi) is 24.6. The van der Waals surface area contributed by atoms with E-state index in [-0.39, 0.29) is 25.8 Å². The molecule has 4 fully saturated rings. The zero-order valence-corrected chi connectivity index (χ0v) is 46.0. The van der Waals surface area contributed by atoms with Gasteiger partial charge in [-0.1, -0.05) is 59.3 Å². The van der Waals surface area contributed by atoms with Gasteiger partial charge in [-0.25, -0.2) is 9.59 Å². The van der Waals surface area contributed by atoms with E-state index < -0.39 is 170 Å². The van der Waals surface area contributed by atoms with E-state index in [9.17, 15) is 59.1 Å². The number of ether oxygens (including phenoxy) is 10. The minimum Gasteiger partial charge on any atom is -0.480 e. The second kappa shape index (κ2) is 29.8. The van der Waals surface area contributed by atoms with Gasteiger partial charge in [0.15, 0.2) is 18.6 Å². The second-order valence-electron chi connectivity index (χ2n) is 21.2. The Morgan fingerprint density at radius 1 is 0.756 bits per heavy atom. The van der Waals surface area contributed by atoms with Crippen molar-refractivity contribution < 1.29 is 96.9 Å². The molecule has 1 aromatic heterocycles. The number of aliphatic carboxylic acids is 1. The van der Waals surface area contributed by atoms with Gasteiger partial charge in [-0.2, -0.15) is 0 Å². The Morgan fingerprint density at radius 3 is 1.96 bits per heavy atom. The Bertz CT molecular complexity index is 2230. The van der Waals surface area contributed by atoms with Crippen LogP contribution in [0.4, 0.5) is 0 Å². The van der Waals surface area contributed by atoms with Crippen LogP contribution < -0.4 is 17.0 Å². The zero-order chi connectivity index (χ0) is 57.7. The molecule has 15 unspecified atom stereocenters. The normalized spacial score (nSPS) is 32.9. The highest BCUT2D eigenvalue weighted by atomic mass is 16.7. The predicted molar refractivity (Wildman–Crippen MR) is 270 cm³/mol. The summed E-state index contributed by atoms with van der Waals surface area (Å²) >= 11 is 0.